The number of nitrogens with zero attached hydrogens (tertiary/aromatic N) is 2. The Balaban J connectivity index is 0. The van der Waals surface area contributed by atoms with Crippen LogP contribution in [0.15, 0.2) is 70.5 Å². The first-order chi connectivity index (χ1) is 15.2. The molecule has 2 aromatic carbocycles. The molecule has 0 aliphatic heterocycles. The van der Waals surface area contributed by atoms with E-state index in [0.717, 1.165) is 9.79 Å². The van der Waals surface area contributed by atoms with Crippen molar-refractivity contribution in [2.75, 3.05) is 14.1 Å². The molecule has 0 saturated heterocycles. The van der Waals surface area contributed by atoms with Crippen molar-refractivity contribution in [3.05, 3.63) is 60.7 Å². The van der Waals surface area contributed by atoms with Crippen LogP contribution in [-0.2, 0) is 9.59 Å². The predicted octanol–water partition coefficient (Wildman–Crippen LogP) is 5.43. The fourth-order valence-corrected chi connectivity index (χ4v) is 4.35. The Morgan fingerprint density at radius 1 is 0.906 bits per heavy atom. The van der Waals surface area contributed by atoms with Gasteiger partial charge in [0, 0.05) is 26.7 Å². The molecule has 9 heteroatoms. The van der Waals surface area contributed by atoms with Gasteiger partial charge in [-0.3, -0.25) is 25.4 Å². The van der Waals surface area contributed by atoms with Crippen LogP contribution in [0.25, 0.3) is 0 Å². The van der Waals surface area contributed by atoms with Gasteiger partial charge in [0.25, 0.3) is 0 Å². The third-order valence-corrected chi connectivity index (χ3v) is 6.81. The van der Waals surface area contributed by atoms with Gasteiger partial charge in [0.2, 0.25) is 11.8 Å². The first-order valence-corrected chi connectivity index (χ1v) is 12.3. The molecule has 0 aromatic heterocycles. The molecule has 0 bridgehead atoms. The number of rotatable bonds is 7. The Bertz CT molecular complexity index is 875. The second kappa shape index (κ2) is 14.2. The summed E-state index contributed by atoms with van der Waals surface area (Å²) in [5.74, 6) is -0.834. The number of nitrogens with one attached hydrogen (secondary N) is 2. The van der Waals surface area contributed by atoms with Gasteiger partial charge < -0.3 is 0 Å². The van der Waals surface area contributed by atoms with Gasteiger partial charge in [0.15, 0.2) is 4.32 Å². The maximum absolute atomic E-state index is 12.3. The second-order valence-corrected chi connectivity index (χ2v) is 10.3. The lowest BCUT2D eigenvalue weighted by molar-refractivity contribution is -0.133. The topological polar surface area (TPSA) is 64.7 Å². The van der Waals surface area contributed by atoms with Crippen molar-refractivity contribution in [2.24, 2.45) is 0 Å². The normalized spacial score (nSPS) is 10.6. The van der Waals surface area contributed by atoms with Crippen molar-refractivity contribution < 1.29 is 12.4 Å². The summed E-state index contributed by atoms with van der Waals surface area (Å²) in [5.41, 5.74) is 5.40. The highest BCUT2D eigenvalue weighted by Gasteiger charge is 2.27. The summed E-state index contributed by atoms with van der Waals surface area (Å²) in [6.07, 6.45) is -0.306. The molecule has 178 valence electrons. The summed E-state index contributed by atoms with van der Waals surface area (Å²) in [4.78, 5) is 26.2. The lowest BCUT2D eigenvalue weighted by Crippen LogP contribution is -2.51. The Morgan fingerprint density at radius 3 is 1.91 bits per heavy atom. The van der Waals surface area contributed by atoms with Crippen LogP contribution < -0.4 is 10.9 Å². The van der Waals surface area contributed by atoms with Gasteiger partial charge in [-0.05, 0) is 38.1 Å². The van der Waals surface area contributed by atoms with Crippen molar-refractivity contribution in [2.45, 2.75) is 48.8 Å². The number of thioether (sulfide) groups is 2. The number of carbonyl (C=O) groups excluding carboxylic acids is 2. The molecule has 32 heavy (non-hydrogen) atoms. The number of hydrazine groups is 2. The molecule has 0 radical (unpaired) electrons. The molecule has 0 aliphatic carbocycles. The fourth-order valence-electron chi connectivity index (χ4n) is 2.28. The van der Waals surface area contributed by atoms with Crippen molar-refractivity contribution in [1.29, 1.82) is 0 Å². The van der Waals surface area contributed by atoms with Crippen molar-refractivity contribution in [3.8, 4) is 0 Å². The highest BCUT2D eigenvalue weighted by atomic mass is 32.2. The first kappa shape index (κ1) is 28.0. The van der Waals surface area contributed by atoms with E-state index < -0.39 is 16.7 Å². The fraction of sp³-hybridized carbons (Fsp3) is 0.348. The molecule has 0 spiro atoms. The van der Waals surface area contributed by atoms with Crippen LogP contribution in [0, 0.1) is 0 Å². The zero-order valence-electron chi connectivity index (χ0n) is 19.4. The number of hydrogen-bond donors (Lipinski definition) is 2. The first-order valence-electron chi connectivity index (χ1n) is 10.2. The van der Waals surface area contributed by atoms with E-state index in [-0.39, 0.29) is 9.27 Å². The molecule has 6 nitrogen and oxygen atoms in total. The molecular formula is C23H36N4O2S3. The van der Waals surface area contributed by atoms with Gasteiger partial charge in [0.1, 0.15) is 6.42 Å². The van der Waals surface area contributed by atoms with Crippen LogP contribution in [-0.4, -0.2) is 45.1 Å². The number of hydrogen-bond acceptors (Lipinski definition) is 6. The molecule has 0 unspecified atom stereocenters. The lowest BCUT2D eigenvalue weighted by atomic mass is 10.3. The van der Waals surface area contributed by atoms with Gasteiger partial charge in [-0.15, -0.1) is 11.8 Å². The highest BCUT2D eigenvalue weighted by Crippen LogP contribution is 2.33. The quantitative estimate of drug-likeness (QED) is 0.174. The summed E-state index contributed by atoms with van der Waals surface area (Å²) in [6, 6.07) is 19.6. The second-order valence-electron chi connectivity index (χ2n) is 6.91. The summed E-state index contributed by atoms with van der Waals surface area (Å²) in [7, 11) is 3.43. The van der Waals surface area contributed by atoms with E-state index in [4.69, 9.17) is 12.2 Å². The Hall–Kier alpha value is -2.07. The van der Waals surface area contributed by atoms with E-state index in [0.29, 0.717) is 4.32 Å². The molecule has 2 amide bonds. The van der Waals surface area contributed by atoms with Gasteiger partial charge in [-0.1, -0.05) is 74.2 Å². The van der Waals surface area contributed by atoms with Crippen LogP contribution in [0.1, 0.15) is 37.0 Å². The molecular weight excluding hydrogens is 460 g/mol. The SMILES string of the molecule is CC.CN(NC(=O)CC(=O)NN(C)C(C)(C)Sc1ccccc1)C(=S)Sc1ccccc1.[HH].[HH]. The summed E-state index contributed by atoms with van der Waals surface area (Å²) < 4.78 is 0.479. The van der Waals surface area contributed by atoms with Crippen molar-refractivity contribution in [1.82, 2.24) is 20.9 Å². The molecule has 0 atom stereocenters. The van der Waals surface area contributed by atoms with Crippen LogP contribution in [0.4, 0.5) is 0 Å². The van der Waals surface area contributed by atoms with Gasteiger partial charge in [-0.2, -0.15) is 0 Å². The van der Waals surface area contributed by atoms with E-state index in [1.165, 1.54) is 16.8 Å². The zero-order chi connectivity index (χ0) is 24.1. The average Bonchev–Trinajstić information content (AvgIpc) is 2.76. The number of thiocarbonyl (C=S) groups is 1. The maximum atomic E-state index is 12.3. The van der Waals surface area contributed by atoms with Crippen molar-refractivity contribution >= 4 is 51.9 Å². The van der Waals surface area contributed by atoms with E-state index in [2.05, 4.69) is 10.9 Å². The maximum Gasteiger partial charge on any atom is 0.248 e. The lowest BCUT2D eigenvalue weighted by Gasteiger charge is -2.35. The summed E-state index contributed by atoms with van der Waals surface area (Å²) in [5, 5.41) is 3.15. The standard InChI is InChI=1S/C21H26N4O2S3.C2H6.2H2/c1-21(2,30-17-13-9-6-10-14-17)25(4)23-19(27)15-18(26)22-24(3)20(28)29-16-11-7-5-8-12-16;1-2;;/h5-14H,15H2,1-4H3,(H,22,26)(H,23,27);1-2H3;2*1H. The molecule has 2 rings (SSSR count). The zero-order valence-corrected chi connectivity index (χ0v) is 21.9. The van der Waals surface area contributed by atoms with Gasteiger partial charge >= 0.3 is 0 Å². The molecule has 0 saturated carbocycles. The van der Waals surface area contributed by atoms with E-state index in [9.17, 15) is 9.59 Å². The Kier molecular flexibility index (Phi) is 12.4. The minimum atomic E-state index is -0.437. The Morgan fingerprint density at radius 2 is 1.38 bits per heavy atom. The summed E-state index contributed by atoms with van der Waals surface area (Å²) in [6.45, 7) is 8.00. The van der Waals surface area contributed by atoms with E-state index in [1.807, 2.05) is 88.4 Å². The molecule has 2 N–H and O–H groups in total. The average molecular weight is 497 g/mol. The molecule has 0 aliphatic rings. The largest absolute Gasteiger partial charge is 0.287 e. The van der Waals surface area contributed by atoms with Crippen LogP contribution in [0.3, 0.4) is 0 Å². The minimum Gasteiger partial charge on any atom is -0.287 e. The van der Waals surface area contributed by atoms with Crippen molar-refractivity contribution in [3.63, 3.8) is 0 Å². The smallest absolute Gasteiger partial charge is 0.248 e. The summed E-state index contributed by atoms with van der Waals surface area (Å²) >= 11 is 8.31. The van der Waals surface area contributed by atoms with Crippen LogP contribution in [0.2, 0.25) is 0 Å². The van der Waals surface area contributed by atoms with Crippen LogP contribution in [0.5, 0.6) is 0 Å². The molecule has 0 heterocycles. The van der Waals surface area contributed by atoms with E-state index >= 15 is 0 Å². The third-order valence-electron chi connectivity index (χ3n) is 4.05. The Labute approximate surface area is 208 Å². The monoisotopic (exact) mass is 496 g/mol. The van der Waals surface area contributed by atoms with Gasteiger partial charge in [-0.25, -0.2) is 5.01 Å². The third kappa shape index (κ3) is 10.0. The minimum absolute atomic E-state index is 0. The number of carbonyl (C=O) groups is 2. The van der Waals surface area contributed by atoms with Crippen LogP contribution >= 0.6 is 35.7 Å². The van der Waals surface area contributed by atoms with Gasteiger partial charge in [0.05, 0.1) is 4.87 Å². The number of benzene rings is 2. The number of amides is 2. The predicted molar refractivity (Wildman–Crippen MR) is 143 cm³/mol. The molecule has 0 fully saturated rings. The van der Waals surface area contributed by atoms with E-state index in [1.54, 1.807) is 30.9 Å². The molecule has 2 aromatic rings. The highest BCUT2D eigenvalue weighted by molar-refractivity contribution is 8.22.